The summed E-state index contributed by atoms with van der Waals surface area (Å²) in [7, 11) is 1.45. The van der Waals surface area contributed by atoms with E-state index in [9.17, 15) is 22.8 Å². The highest BCUT2D eigenvalue weighted by atomic mass is 35.5. The maximum absolute atomic E-state index is 13.0. The molecular formula is C26H24ClF3N4O4. The highest BCUT2D eigenvalue weighted by Crippen LogP contribution is 2.31. The summed E-state index contributed by atoms with van der Waals surface area (Å²) in [5.74, 6) is -0.835. The first-order valence-corrected chi connectivity index (χ1v) is 12.0. The number of ketones is 1. The van der Waals surface area contributed by atoms with E-state index in [1.165, 1.54) is 30.7 Å². The lowest BCUT2D eigenvalue weighted by Gasteiger charge is -2.19. The van der Waals surface area contributed by atoms with Crippen molar-refractivity contribution in [1.82, 2.24) is 9.13 Å². The summed E-state index contributed by atoms with van der Waals surface area (Å²) in [6, 6.07) is 12.2. The first-order valence-electron chi connectivity index (χ1n) is 11.6. The topological polar surface area (TPSA) is 98.7 Å². The number of halogens is 4. The van der Waals surface area contributed by atoms with Gasteiger partial charge >= 0.3 is 12.1 Å². The number of Topliss-reactive ketones (excluding diaryl/α,β-unsaturated/α-hetero) is 1. The SMILES string of the molecule is CC(=O)Cn1c2c(c(=N)n(C)c1=O)CCC(Cc1ccc(Cl)cc1)C(Oc1cccc(OC(F)(F)F)c1)=N2. The van der Waals surface area contributed by atoms with Gasteiger partial charge in [-0.2, -0.15) is 4.99 Å². The van der Waals surface area contributed by atoms with Crippen molar-refractivity contribution in [3.63, 3.8) is 0 Å². The van der Waals surface area contributed by atoms with E-state index in [-0.39, 0.29) is 41.2 Å². The van der Waals surface area contributed by atoms with Crippen molar-refractivity contribution in [2.75, 3.05) is 0 Å². The highest BCUT2D eigenvalue weighted by molar-refractivity contribution is 6.30. The molecule has 200 valence electrons. The molecule has 38 heavy (non-hydrogen) atoms. The van der Waals surface area contributed by atoms with E-state index in [1.807, 2.05) is 12.1 Å². The van der Waals surface area contributed by atoms with Gasteiger partial charge < -0.3 is 9.47 Å². The number of aromatic nitrogens is 2. The smallest absolute Gasteiger partial charge is 0.442 e. The first kappa shape index (κ1) is 27.2. The predicted octanol–water partition coefficient (Wildman–Crippen LogP) is 4.72. The number of alkyl halides is 3. The van der Waals surface area contributed by atoms with Crippen molar-refractivity contribution in [3.8, 4) is 11.5 Å². The number of hydrogen-bond donors (Lipinski definition) is 1. The Labute approximate surface area is 220 Å². The lowest BCUT2D eigenvalue weighted by Crippen LogP contribution is -2.40. The summed E-state index contributed by atoms with van der Waals surface area (Å²) < 4.78 is 50.7. The second-order valence-electron chi connectivity index (χ2n) is 8.92. The number of fused-ring (bicyclic) bond motifs is 1. The maximum Gasteiger partial charge on any atom is 0.573 e. The molecule has 1 aliphatic rings. The summed E-state index contributed by atoms with van der Waals surface area (Å²) in [5.41, 5.74) is 0.736. The molecule has 2 aromatic carbocycles. The average Bonchev–Trinajstić information content (AvgIpc) is 3.00. The molecule has 0 saturated carbocycles. The van der Waals surface area contributed by atoms with E-state index < -0.39 is 17.8 Å². The Hall–Kier alpha value is -3.86. The number of rotatable bonds is 6. The van der Waals surface area contributed by atoms with Crippen molar-refractivity contribution in [2.24, 2.45) is 18.0 Å². The van der Waals surface area contributed by atoms with Crippen LogP contribution in [0.1, 0.15) is 24.5 Å². The summed E-state index contributed by atoms with van der Waals surface area (Å²) in [4.78, 5) is 29.6. The molecule has 0 fully saturated rings. The van der Waals surface area contributed by atoms with Gasteiger partial charge in [-0.05, 0) is 56.0 Å². The number of nitrogens with zero attached hydrogens (tertiary/aromatic N) is 3. The van der Waals surface area contributed by atoms with Crippen LogP contribution >= 0.6 is 11.6 Å². The van der Waals surface area contributed by atoms with Crippen molar-refractivity contribution in [2.45, 2.75) is 39.1 Å². The van der Waals surface area contributed by atoms with Gasteiger partial charge in [-0.15, -0.1) is 13.2 Å². The molecule has 12 heteroatoms. The van der Waals surface area contributed by atoms with Crippen LogP contribution in [-0.4, -0.2) is 27.2 Å². The average molecular weight is 549 g/mol. The van der Waals surface area contributed by atoms with E-state index >= 15 is 0 Å². The third kappa shape index (κ3) is 6.34. The number of aliphatic imine (C=N–C) groups is 1. The number of ether oxygens (including phenoxy) is 2. The molecule has 4 rings (SSSR count). The van der Waals surface area contributed by atoms with Crippen LogP contribution in [0.15, 0.2) is 58.3 Å². The molecule has 1 unspecified atom stereocenters. The lowest BCUT2D eigenvalue weighted by molar-refractivity contribution is -0.274. The molecule has 1 atom stereocenters. The molecule has 0 saturated heterocycles. The molecule has 0 amide bonds. The zero-order valence-corrected chi connectivity index (χ0v) is 21.3. The Morgan fingerprint density at radius 3 is 2.53 bits per heavy atom. The number of carbonyl (C=O) groups is 1. The van der Waals surface area contributed by atoms with Gasteiger partial charge in [0.05, 0.1) is 6.54 Å². The standard InChI is InChI=1S/C26H24ClF3N4O4/c1-15(35)14-34-23-21(22(31)33(2)25(34)36)11-8-17(12-16-6-9-18(27)10-7-16)24(32-23)37-19-4-3-5-20(13-19)38-26(28,29)30/h3-7,9-10,13,17,31H,8,11-12,14H2,1-2H3. The molecule has 0 aliphatic carbocycles. The molecule has 0 bridgehead atoms. The Kier molecular flexibility index (Phi) is 7.77. The zero-order valence-electron chi connectivity index (χ0n) is 20.5. The van der Waals surface area contributed by atoms with Gasteiger partial charge in [-0.1, -0.05) is 29.8 Å². The van der Waals surface area contributed by atoms with E-state index in [1.54, 1.807) is 12.1 Å². The summed E-state index contributed by atoms with van der Waals surface area (Å²) in [5, 5.41) is 9.08. The van der Waals surface area contributed by atoms with Crippen LogP contribution in [-0.2, 0) is 31.2 Å². The van der Waals surface area contributed by atoms with Gasteiger partial charge in [-0.25, -0.2) is 4.79 Å². The summed E-state index contributed by atoms with van der Waals surface area (Å²) in [6.07, 6.45) is -3.63. The van der Waals surface area contributed by atoms with Crippen LogP contribution in [0, 0.1) is 11.3 Å². The van der Waals surface area contributed by atoms with E-state index in [0.29, 0.717) is 29.8 Å². The van der Waals surface area contributed by atoms with Gasteiger partial charge in [-0.3, -0.25) is 19.3 Å². The minimum atomic E-state index is -4.88. The molecular weight excluding hydrogens is 525 g/mol. The monoisotopic (exact) mass is 548 g/mol. The molecule has 3 aromatic rings. The zero-order chi connectivity index (χ0) is 27.6. The maximum atomic E-state index is 13.0. The third-order valence-corrected chi connectivity index (χ3v) is 6.26. The molecule has 1 N–H and O–H groups in total. The number of hydrogen-bond acceptors (Lipinski definition) is 6. The number of benzene rings is 2. The fourth-order valence-electron chi connectivity index (χ4n) is 4.26. The first-order chi connectivity index (χ1) is 17.9. The van der Waals surface area contributed by atoms with E-state index in [4.69, 9.17) is 21.7 Å². The van der Waals surface area contributed by atoms with Crippen LogP contribution < -0.4 is 20.7 Å². The van der Waals surface area contributed by atoms with E-state index in [0.717, 1.165) is 22.3 Å². The summed E-state index contributed by atoms with van der Waals surface area (Å²) in [6.45, 7) is 1.07. The third-order valence-electron chi connectivity index (χ3n) is 6.01. The summed E-state index contributed by atoms with van der Waals surface area (Å²) >= 11 is 6.02. The van der Waals surface area contributed by atoms with Gasteiger partial charge in [0, 0.05) is 29.6 Å². The minimum absolute atomic E-state index is 0.0411. The molecule has 2 heterocycles. The number of nitrogens with one attached hydrogen (secondary N) is 1. The molecule has 1 aromatic heterocycles. The Morgan fingerprint density at radius 1 is 1.18 bits per heavy atom. The fraction of sp³-hybridized carbons (Fsp3) is 0.308. The number of carbonyl (C=O) groups excluding carboxylic acids is 1. The Morgan fingerprint density at radius 2 is 1.87 bits per heavy atom. The second-order valence-corrected chi connectivity index (χ2v) is 9.36. The van der Waals surface area contributed by atoms with Crippen molar-refractivity contribution in [3.05, 3.63) is 80.7 Å². The van der Waals surface area contributed by atoms with Crippen LogP contribution in [0.3, 0.4) is 0 Å². The van der Waals surface area contributed by atoms with Crippen LogP contribution in [0.5, 0.6) is 11.5 Å². The van der Waals surface area contributed by atoms with Crippen molar-refractivity contribution < 1.29 is 27.4 Å². The van der Waals surface area contributed by atoms with E-state index in [2.05, 4.69) is 9.73 Å². The highest BCUT2D eigenvalue weighted by Gasteiger charge is 2.32. The van der Waals surface area contributed by atoms with Crippen LogP contribution in [0.25, 0.3) is 0 Å². The lowest BCUT2D eigenvalue weighted by atomic mass is 9.93. The molecule has 1 aliphatic heterocycles. The van der Waals surface area contributed by atoms with Crippen LogP contribution in [0.4, 0.5) is 19.0 Å². The normalized spacial score (nSPS) is 15.3. The van der Waals surface area contributed by atoms with Gasteiger partial charge in [0.1, 0.15) is 28.6 Å². The second kappa shape index (κ2) is 10.9. The quantitative estimate of drug-likeness (QED) is 0.482. The van der Waals surface area contributed by atoms with Gasteiger partial charge in [0.15, 0.2) is 5.90 Å². The van der Waals surface area contributed by atoms with Crippen molar-refractivity contribution in [1.29, 1.82) is 5.41 Å². The molecule has 8 nitrogen and oxygen atoms in total. The Bertz CT molecular complexity index is 1510. The predicted molar refractivity (Wildman–Crippen MR) is 134 cm³/mol. The molecule has 0 radical (unpaired) electrons. The fourth-order valence-corrected chi connectivity index (χ4v) is 4.38. The van der Waals surface area contributed by atoms with Crippen LogP contribution in [0.2, 0.25) is 5.02 Å². The molecule has 0 spiro atoms. The van der Waals surface area contributed by atoms with Crippen molar-refractivity contribution >= 4 is 29.1 Å². The van der Waals surface area contributed by atoms with Gasteiger partial charge in [0.25, 0.3) is 0 Å². The minimum Gasteiger partial charge on any atom is -0.442 e. The Balaban J connectivity index is 1.83. The van der Waals surface area contributed by atoms with Gasteiger partial charge in [0.2, 0.25) is 0 Å². The largest absolute Gasteiger partial charge is 0.573 e.